The predicted octanol–water partition coefficient (Wildman–Crippen LogP) is 1.90. The molecule has 5 heteroatoms. The minimum Gasteiger partial charge on any atom is -0.282 e. The molecular weight excluding hydrogens is 240 g/mol. The van der Waals surface area contributed by atoms with Crippen LogP contribution in [0.2, 0.25) is 0 Å². The van der Waals surface area contributed by atoms with Crippen LogP contribution in [0.25, 0.3) is 0 Å². The molecule has 0 spiro atoms. The van der Waals surface area contributed by atoms with Gasteiger partial charge in [0.2, 0.25) is 5.91 Å². The Kier molecular flexibility index (Phi) is 4.18. The van der Waals surface area contributed by atoms with Gasteiger partial charge in [-0.2, -0.15) is 5.10 Å². The fourth-order valence-electron chi connectivity index (χ4n) is 1.85. The van der Waals surface area contributed by atoms with Crippen molar-refractivity contribution in [2.45, 2.75) is 26.8 Å². The summed E-state index contributed by atoms with van der Waals surface area (Å²) >= 11 is 0. The van der Waals surface area contributed by atoms with E-state index in [1.54, 1.807) is 4.68 Å². The van der Waals surface area contributed by atoms with E-state index >= 15 is 0 Å². The van der Waals surface area contributed by atoms with E-state index in [1.165, 1.54) is 0 Å². The average molecular weight is 258 g/mol. The maximum Gasteiger partial charge on any atom is 0.242 e. The number of carbonyl (C=O) groups excluding carboxylic acids is 1. The van der Waals surface area contributed by atoms with E-state index in [0.29, 0.717) is 6.42 Å². The molecule has 0 bridgehead atoms. The van der Waals surface area contributed by atoms with Crippen molar-refractivity contribution in [2.24, 2.45) is 0 Å². The standard InChI is InChI=1S/C14H18N4O/c1-3-18-13(9-11(2)17-18)15-16-14(19)10-12-7-5-4-6-8-12/h4-9,15H,3,10H2,1-2H3,(H,16,19). The Bertz CT molecular complexity index is 548. The largest absolute Gasteiger partial charge is 0.282 e. The summed E-state index contributed by atoms with van der Waals surface area (Å²) < 4.78 is 1.80. The molecule has 1 aromatic carbocycles. The molecule has 0 unspecified atom stereocenters. The van der Waals surface area contributed by atoms with Crippen LogP contribution in [-0.4, -0.2) is 15.7 Å². The zero-order valence-electron chi connectivity index (χ0n) is 11.2. The quantitative estimate of drug-likeness (QED) is 0.805. The molecule has 0 radical (unpaired) electrons. The van der Waals surface area contributed by atoms with Crippen molar-refractivity contribution in [2.75, 3.05) is 5.43 Å². The van der Waals surface area contributed by atoms with Crippen LogP contribution in [0.15, 0.2) is 36.4 Å². The number of anilines is 1. The lowest BCUT2D eigenvalue weighted by Crippen LogP contribution is -2.31. The molecule has 0 saturated heterocycles. The molecule has 100 valence electrons. The summed E-state index contributed by atoms with van der Waals surface area (Å²) in [6, 6.07) is 11.5. The molecule has 1 aromatic heterocycles. The fraction of sp³-hybridized carbons (Fsp3) is 0.286. The van der Waals surface area contributed by atoms with Gasteiger partial charge in [-0.1, -0.05) is 30.3 Å². The van der Waals surface area contributed by atoms with Crippen LogP contribution in [-0.2, 0) is 17.8 Å². The third-order valence-electron chi connectivity index (χ3n) is 2.74. The summed E-state index contributed by atoms with van der Waals surface area (Å²) in [4.78, 5) is 11.8. The first-order valence-corrected chi connectivity index (χ1v) is 6.32. The maximum absolute atomic E-state index is 11.8. The molecule has 0 fully saturated rings. The van der Waals surface area contributed by atoms with E-state index in [9.17, 15) is 4.79 Å². The molecular formula is C14H18N4O. The molecule has 0 aliphatic rings. The van der Waals surface area contributed by atoms with Crippen LogP contribution in [0.4, 0.5) is 5.82 Å². The monoisotopic (exact) mass is 258 g/mol. The Labute approximate surface area is 112 Å². The summed E-state index contributed by atoms with van der Waals surface area (Å²) in [6.07, 6.45) is 0.354. The second-order valence-electron chi connectivity index (χ2n) is 4.32. The number of carbonyl (C=O) groups is 1. The lowest BCUT2D eigenvalue weighted by molar-refractivity contribution is -0.119. The van der Waals surface area contributed by atoms with Crippen LogP contribution in [0.1, 0.15) is 18.2 Å². The Balaban J connectivity index is 1.90. The average Bonchev–Trinajstić information content (AvgIpc) is 2.78. The summed E-state index contributed by atoms with van der Waals surface area (Å²) in [7, 11) is 0. The minimum atomic E-state index is -0.0762. The number of hydrogen-bond donors (Lipinski definition) is 2. The first-order chi connectivity index (χ1) is 9.19. The van der Waals surface area contributed by atoms with Crippen LogP contribution >= 0.6 is 0 Å². The number of benzene rings is 1. The lowest BCUT2D eigenvalue weighted by atomic mass is 10.1. The van der Waals surface area contributed by atoms with Crippen molar-refractivity contribution in [3.63, 3.8) is 0 Å². The molecule has 0 atom stereocenters. The van der Waals surface area contributed by atoms with Gasteiger partial charge < -0.3 is 0 Å². The molecule has 0 aliphatic heterocycles. The second kappa shape index (κ2) is 6.04. The Morgan fingerprint density at radius 3 is 2.74 bits per heavy atom. The molecule has 5 nitrogen and oxygen atoms in total. The fourth-order valence-corrected chi connectivity index (χ4v) is 1.85. The highest BCUT2D eigenvalue weighted by atomic mass is 16.2. The summed E-state index contributed by atoms with van der Waals surface area (Å²) in [5.74, 6) is 0.717. The normalized spacial score (nSPS) is 10.2. The van der Waals surface area contributed by atoms with Gasteiger partial charge in [0.1, 0.15) is 5.82 Å². The number of aromatic nitrogens is 2. The van der Waals surface area contributed by atoms with Gasteiger partial charge in [0.15, 0.2) is 0 Å². The highest BCUT2D eigenvalue weighted by Gasteiger charge is 2.06. The molecule has 2 aromatic rings. The molecule has 19 heavy (non-hydrogen) atoms. The molecule has 2 rings (SSSR count). The van der Waals surface area contributed by atoms with E-state index in [0.717, 1.165) is 23.6 Å². The van der Waals surface area contributed by atoms with Crippen LogP contribution < -0.4 is 10.9 Å². The zero-order valence-corrected chi connectivity index (χ0v) is 11.2. The second-order valence-corrected chi connectivity index (χ2v) is 4.32. The molecule has 0 saturated carbocycles. The van der Waals surface area contributed by atoms with Gasteiger partial charge in [0.25, 0.3) is 0 Å². The van der Waals surface area contributed by atoms with Crippen LogP contribution in [0, 0.1) is 6.92 Å². The lowest BCUT2D eigenvalue weighted by Gasteiger charge is -2.09. The topological polar surface area (TPSA) is 59.0 Å². The minimum absolute atomic E-state index is 0.0762. The van der Waals surface area contributed by atoms with Gasteiger partial charge in [0, 0.05) is 12.6 Å². The summed E-state index contributed by atoms with van der Waals surface area (Å²) in [6.45, 7) is 4.68. The van der Waals surface area contributed by atoms with Crippen molar-refractivity contribution < 1.29 is 4.79 Å². The molecule has 0 aliphatic carbocycles. The zero-order chi connectivity index (χ0) is 13.7. The van der Waals surface area contributed by atoms with Gasteiger partial charge >= 0.3 is 0 Å². The number of hydrazine groups is 1. The van der Waals surface area contributed by atoms with Crippen molar-refractivity contribution in [3.8, 4) is 0 Å². The number of aryl methyl sites for hydroxylation is 2. The molecule has 1 heterocycles. The predicted molar refractivity (Wildman–Crippen MR) is 74.5 cm³/mol. The van der Waals surface area contributed by atoms with Crippen molar-refractivity contribution in [3.05, 3.63) is 47.7 Å². The Hall–Kier alpha value is -2.30. The third-order valence-corrected chi connectivity index (χ3v) is 2.74. The SMILES string of the molecule is CCn1nc(C)cc1NNC(=O)Cc1ccccc1. The van der Waals surface area contributed by atoms with E-state index in [4.69, 9.17) is 0 Å². The van der Waals surface area contributed by atoms with Crippen LogP contribution in [0.3, 0.4) is 0 Å². The van der Waals surface area contributed by atoms with Crippen molar-refractivity contribution >= 4 is 11.7 Å². The first kappa shape index (κ1) is 13.1. The number of nitrogens with one attached hydrogen (secondary N) is 2. The summed E-state index contributed by atoms with van der Waals surface area (Å²) in [5.41, 5.74) is 7.50. The number of rotatable bonds is 5. The van der Waals surface area contributed by atoms with E-state index in [1.807, 2.05) is 50.2 Å². The van der Waals surface area contributed by atoms with E-state index in [-0.39, 0.29) is 5.91 Å². The highest BCUT2D eigenvalue weighted by Crippen LogP contribution is 2.08. The number of amides is 1. The van der Waals surface area contributed by atoms with Gasteiger partial charge in [-0.05, 0) is 19.4 Å². The number of hydrogen-bond acceptors (Lipinski definition) is 3. The Morgan fingerprint density at radius 1 is 1.32 bits per heavy atom. The molecule has 2 N–H and O–H groups in total. The van der Waals surface area contributed by atoms with Gasteiger partial charge in [-0.3, -0.25) is 15.6 Å². The summed E-state index contributed by atoms with van der Waals surface area (Å²) in [5, 5.41) is 4.29. The van der Waals surface area contributed by atoms with Crippen LogP contribution in [0.5, 0.6) is 0 Å². The van der Waals surface area contributed by atoms with Gasteiger partial charge in [0.05, 0.1) is 12.1 Å². The van der Waals surface area contributed by atoms with Crippen molar-refractivity contribution in [1.82, 2.24) is 15.2 Å². The van der Waals surface area contributed by atoms with Gasteiger partial charge in [-0.15, -0.1) is 0 Å². The van der Waals surface area contributed by atoms with E-state index in [2.05, 4.69) is 16.0 Å². The highest BCUT2D eigenvalue weighted by molar-refractivity contribution is 5.79. The first-order valence-electron chi connectivity index (χ1n) is 6.32. The molecule has 1 amide bonds. The van der Waals surface area contributed by atoms with Crippen molar-refractivity contribution in [1.29, 1.82) is 0 Å². The smallest absolute Gasteiger partial charge is 0.242 e. The van der Waals surface area contributed by atoms with Gasteiger partial charge in [-0.25, -0.2) is 4.68 Å². The number of nitrogens with zero attached hydrogens (tertiary/aromatic N) is 2. The Morgan fingerprint density at radius 2 is 2.05 bits per heavy atom. The maximum atomic E-state index is 11.8. The third kappa shape index (κ3) is 3.58. The van der Waals surface area contributed by atoms with E-state index < -0.39 is 0 Å².